The molecule has 4 N–H and O–H groups in total. The predicted octanol–water partition coefficient (Wildman–Crippen LogP) is 3.54. The van der Waals surface area contributed by atoms with E-state index in [1.165, 1.54) is 0 Å². The summed E-state index contributed by atoms with van der Waals surface area (Å²) in [6, 6.07) is 3.42. The van der Waals surface area contributed by atoms with E-state index in [4.69, 9.17) is 28.9 Å². The van der Waals surface area contributed by atoms with E-state index in [1.54, 1.807) is 12.1 Å². The van der Waals surface area contributed by atoms with Crippen molar-refractivity contribution >= 4 is 34.6 Å². The lowest BCUT2D eigenvalue weighted by molar-refractivity contribution is 0.111. The maximum Gasteiger partial charge on any atom is 0.0614 e. The molecule has 5 heteroatoms. The number of halogens is 2. The summed E-state index contributed by atoms with van der Waals surface area (Å²) in [7, 11) is 0. The van der Waals surface area contributed by atoms with Gasteiger partial charge in [-0.15, -0.1) is 0 Å². The van der Waals surface area contributed by atoms with Gasteiger partial charge in [-0.05, 0) is 43.7 Å². The number of anilines is 2. The van der Waals surface area contributed by atoms with Crippen LogP contribution < -0.4 is 11.1 Å². The largest absolute Gasteiger partial charge is 0.397 e. The van der Waals surface area contributed by atoms with Crippen molar-refractivity contribution in [3.05, 3.63) is 22.2 Å². The van der Waals surface area contributed by atoms with Gasteiger partial charge in [0.05, 0.1) is 27.5 Å². The van der Waals surface area contributed by atoms with E-state index < -0.39 is 0 Å². The van der Waals surface area contributed by atoms with Gasteiger partial charge in [0.15, 0.2) is 0 Å². The summed E-state index contributed by atoms with van der Waals surface area (Å²) in [5.74, 6) is 0.585. The zero-order valence-corrected chi connectivity index (χ0v) is 11.6. The molecule has 0 bridgehead atoms. The van der Waals surface area contributed by atoms with Crippen LogP contribution in [0.3, 0.4) is 0 Å². The summed E-state index contributed by atoms with van der Waals surface area (Å²) in [5.41, 5.74) is 7.32. The van der Waals surface area contributed by atoms with Gasteiger partial charge in [-0.2, -0.15) is 0 Å². The summed E-state index contributed by atoms with van der Waals surface area (Å²) in [6.07, 6.45) is 3.77. The van der Waals surface area contributed by atoms with Gasteiger partial charge in [-0.1, -0.05) is 23.2 Å². The summed E-state index contributed by atoms with van der Waals surface area (Å²) in [4.78, 5) is 0. The molecule has 1 aliphatic rings. The minimum Gasteiger partial charge on any atom is -0.397 e. The van der Waals surface area contributed by atoms with Crippen LogP contribution in [-0.2, 0) is 0 Å². The monoisotopic (exact) mass is 288 g/mol. The third-order valence-electron chi connectivity index (χ3n) is 3.49. The Labute approximate surface area is 117 Å². The Morgan fingerprint density at radius 3 is 2.44 bits per heavy atom. The summed E-state index contributed by atoms with van der Waals surface area (Å²) < 4.78 is 0. The number of nitrogens with two attached hydrogens (primary N) is 1. The van der Waals surface area contributed by atoms with Crippen LogP contribution in [0.25, 0.3) is 0 Å². The number of rotatable bonds is 3. The van der Waals surface area contributed by atoms with Crippen molar-refractivity contribution in [1.82, 2.24) is 0 Å². The average molecular weight is 289 g/mol. The number of nitrogens with one attached hydrogen (secondary N) is 1. The first kappa shape index (κ1) is 13.8. The Morgan fingerprint density at radius 1 is 1.17 bits per heavy atom. The normalized spacial score (nSPS) is 23.9. The zero-order chi connectivity index (χ0) is 13.1. The lowest BCUT2D eigenvalue weighted by Gasteiger charge is -2.26. The smallest absolute Gasteiger partial charge is 0.0614 e. The van der Waals surface area contributed by atoms with Crippen molar-refractivity contribution in [1.29, 1.82) is 0 Å². The van der Waals surface area contributed by atoms with E-state index in [2.05, 4.69) is 5.32 Å². The van der Waals surface area contributed by atoms with Crippen LogP contribution in [0.4, 0.5) is 11.4 Å². The van der Waals surface area contributed by atoms with Crippen molar-refractivity contribution in [2.45, 2.75) is 31.8 Å². The van der Waals surface area contributed by atoms with Gasteiger partial charge in [-0.25, -0.2) is 0 Å². The van der Waals surface area contributed by atoms with E-state index in [-0.39, 0.29) is 6.10 Å². The lowest BCUT2D eigenvalue weighted by atomic mass is 9.87. The second-order valence-electron chi connectivity index (χ2n) is 4.91. The quantitative estimate of drug-likeness (QED) is 0.746. The minimum absolute atomic E-state index is 0.115. The van der Waals surface area contributed by atoms with Crippen LogP contribution >= 0.6 is 23.2 Å². The molecule has 0 amide bonds. The highest BCUT2D eigenvalue weighted by atomic mass is 35.5. The van der Waals surface area contributed by atoms with Crippen molar-refractivity contribution in [2.24, 2.45) is 5.92 Å². The molecule has 100 valence electrons. The molecular formula is C13H18Cl2N2O. The molecule has 0 saturated heterocycles. The van der Waals surface area contributed by atoms with Crippen molar-refractivity contribution < 1.29 is 5.11 Å². The fraction of sp³-hybridized carbons (Fsp3) is 0.538. The maximum absolute atomic E-state index is 9.45. The Morgan fingerprint density at radius 2 is 1.78 bits per heavy atom. The first-order valence-corrected chi connectivity index (χ1v) is 6.98. The van der Waals surface area contributed by atoms with Gasteiger partial charge in [0, 0.05) is 6.54 Å². The molecular weight excluding hydrogens is 271 g/mol. The summed E-state index contributed by atoms with van der Waals surface area (Å²) >= 11 is 11.8. The van der Waals surface area contributed by atoms with Crippen LogP contribution in [0.15, 0.2) is 12.1 Å². The van der Waals surface area contributed by atoms with Crippen LogP contribution in [0.5, 0.6) is 0 Å². The highest BCUT2D eigenvalue weighted by molar-refractivity contribution is 6.42. The molecule has 0 spiro atoms. The van der Waals surface area contributed by atoms with E-state index in [9.17, 15) is 5.11 Å². The molecule has 3 nitrogen and oxygen atoms in total. The maximum atomic E-state index is 9.45. The highest BCUT2D eigenvalue weighted by Gasteiger charge is 2.19. The molecule has 1 aromatic carbocycles. The number of hydrogen-bond acceptors (Lipinski definition) is 3. The van der Waals surface area contributed by atoms with E-state index in [0.717, 1.165) is 37.9 Å². The van der Waals surface area contributed by atoms with Gasteiger partial charge < -0.3 is 16.2 Å². The summed E-state index contributed by atoms with van der Waals surface area (Å²) in [6.45, 7) is 0.856. The molecule has 18 heavy (non-hydrogen) atoms. The summed E-state index contributed by atoms with van der Waals surface area (Å²) in [5, 5.41) is 13.7. The topological polar surface area (TPSA) is 58.3 Å². The van der Waals surface area contributed by atoms with Crippen molar-refractivity contribution in [3.8, 4) is 0 Å². The number of aliphatic hydroxyl groups excluding tert-OH is 1. The lowest BCUT2D eigenvalue weighted by Crippen LogP contribution is -2.23. The van der Waals surface area contributed by atoms with Crippen LogP contribution in [0.1, 0.15) is 25.7 Å². The van der Waals surface area contributed by atoms with Crippen LogP contribution in [-0.4, -0.2) is 17.8 Å². The SMILES string of the molecule is Nc1cc(Cl)c(Cl)cc1NCC1CCC(O)CC1. The number of hydrogen-bond donors (Lipinski definition) is 3. The molecule has 0 heterocycles. The molecule has 0 aliphatic heterocycles. The van der Waals surface area contributed by atoms with Crippen molar-refractivity contribution in [3.63, 3.8) is 0 Å². The molecule has 0 unspecified atom stereocenters. The van der Waals surface area contributed by atoms with E-state index in [1.807, 2.05) is 0 Å². The molecule has 0 aromatic heterocycles. The standard InChI is InChI=1S/C13H18Cl2N2O/c14-10-5-12(16)13(6-11(10)15)17-7-8-1-3-9(18)4-2-8/h5-6,8-9,17-18H,1-4,7,16H2. The average Bonchev–Trinajstić information content (AvgIpc) is 2.34. The Balaban J connectivity index is 1.92. The Kier molecular flexibility index (Phi) is 4.60. The number of benzene rings is 1. The van der Waals surface area contributed by atoms with Gasteiger partial charge in [0.2, 0.25) is 0 Å². The minimum atomic E-state index is -0.115. The van der Waals surface area contributed by atoms with Gasteiger partial charge in [0.1, 0.15) is 0 Å². The molecule has 2 rings (SSSR count). The first-order valence-electron chi connectivity index (χ1n) is 6.22. The Bertz CT molecular complexity index is 418. The van der Waals surface area contributed by atoms with Gasteiger partial charge in [0.25, 0.3) is 0 Å². The predicted molar refractivity (Wildman–Crippen MR) is 77.3 cm³/mol. The third-order valence-corrected chi connectivity index (χ3v) is 4.21. The Hall–Kier alpha value is -0.640. The molecule has 1 saturated carbocycles. The van der Waals surface area contributed by atoms with Gasteiger partial charge in [-0.3, -0.25) is 0 Å². The van der Waals surface area contributed by atoms with Gasteiger partial charge >= 0.3 is 0 Å². The van der Waals surface area contributed by atoms with E-state index in [0.29, 0.717) is 21.7 Å². The van der Waals surface area contributed by atoms with Crippen LogP contribution in [0.2, 0.25) is 10.0 Å². The highest BCUT2D eigenvalue weighted by Crippen LogP contribution is 2.31. The van der Waals surface area contributed by atoms with E-state index >= 15 is 0 Å². The molecule has 1 aliphatic carbocycles. The number of nitrogen functional groups attached to an aromatic ring is 1. The molecule has 1 aromatic rings. The third kappa shape index (κ3) is 3.44. The van der Waals surface area contributed by atoms with Crippen LogP contribution in [0, 0.1) is 5.92 Å². The van der Waals surface area contributed by atoms with Crippen molar-refractivity contribution in [2.75, 3.05) is 17.6 Å². The second-order valence-corrected chi connectivity index (χ2v) is 5.72. The fourth-order valence-electron chi connectivity index (χ4n) is 2.32. The molecule has 0 atom stereocenters. The molecule has 1 fully saturated rings. The zero-order valence-electron chi connectivity index (χ0n) is 10.1. The first-order chi connectivity index (χ1) is 8.56. The second kappa shape index (κ2) is 6.00. The fourth-order valence-corrected chi connectivity index (χ4v) is 2.65. The molecule has 0 radical (unpaired) electrons. The number of aliphatic hydroxyl groups is 1.